The van der Waals surface area contributed by atoms with Crippen LogP contribution < -0.4 is 10.1 Å². The summed E-state index contributed by atoms with van der Waals surface area (Å²) in [6, 6.07) is 3.60. The van der Waals surface area contributed by atoms with Crippen molar-refractivity contribution >= 4 is 0 Å². The summed E-state index contributed by atoms with van der Waals surface area (Å²) in [5.74, 6) is -1.20. The van der Waals surface area contributed by atoms with Gasteiger partial charge in [-0.2, -0.15) is 5.26 Å². The van der Waals surface area contributed by atoms with E-state index < -0.39 is 17.2 Å². The van der Waals surface area contributed by atoms with Gasteiger partial charge in [0.1, 0.15) is 29.0 Å². The highest BCUT2D eigenvalue weighted by atomic mass is 19.1. The van der Waals surface area contributed by atoms with Crippen molar-refractivity contribution in [1.82, 2.24) is 5.32 Å². The van der Waals surface area contributed by atoms with Crippen LogP contribution in [0, 0.1) is 28.9 Å². The molecule has 0 unspecified atom stereocenters. The lowest BCUT2D eigenvalue weighted by molar-refractivity contribution is 0.214. The molecule has 1 aromatic rings. The van der Waals surface area contributed by atoms with E-state index in [1.807, 2.05) is 0 Å². The molecule has 2 rings (SSSR count). The van der Waals surface area contributed by atoms with E-state index in [-0.39, 0.29) is 5.75 Å². The Morgan fingerprint density at radius 2 is 1.89 bits per heavy atom. The Labute approximate surface area is 104 Å². The third kappa shape index (κ3) is 2.96. The minimum Gasteiger partial charge on any atom is -0.493 e. The van der Waals surface area contributed by atoms with Gasteiger partial charge in [-0.3, -0.25) is 0 Å². The molecule has 0 amide bonds. The fourth-order valence-corrected chi connectivity index (χ4v) is 2.00. The van der Waals surface area contributed by atoms with Gasteiger partial charge < -0.3 is 10.1 Å². The molecule has 1 aliphatic rings. The summed E-state index contributed by atoms with van der Waals surface area (Å²) >= 11 is 0. The molecular formula is C13H14F2N2O. The first kappa shape index (κ1) is 12.8. The molecule has 0 spiro atoms. The molecule has 1 fully saturated rings. The van der Waals surface area contributed by atoms with E-state index in [4.69, 9.17) is 10.00 Å². The molecule has 96 valence electrons. The van der Waals surface area contributed by atoms with Crippen LogP contribution in [0.15, 0.2) is 12.1 Å². The van der Waals surface area contributed by atoms with E-state index in [1.54, 1.807) is 0 Å². The number of rotatable bonds is 3. The Bertz CT molecular complexity index is 442. The molecular weight excluding hydrogens is 238 g/mol. The van der Waals surface area contributed by atoms with Crippen molar-refractivity contribution in [2.24, 2.45) is 5.92 Å². The van der Waals surface area contributed by atoms with Gasteiger partial charge in [0, 0.05) is 12.1 Å². The molecule has 1 N–H and O–H groups in total. The molecule has 1 saturated heterocycles. The van der Waals surface area contributed by atoms with E-state index in [1.165, 1.54) is 6.07 Å². The zero-order chi connectivity index (χ0) is 13.0. The standard InChI is InChI=1S/C13H14F2N2O/c14-12-5-10(6-13(15)11(12)7-16)18-8-9-1-3-17-4-2-9/h5-6,9,17H,1-4,8H2. The zero-order valence-electron chi connectivity index (χ0n) is 9.88. The molecule has 0 atom stereocenters. The number of nitrogens with one attached hydrogen (secondary N) is 1. The van der Waals surface area contributed by atoms with Gasteiger partial charge in [-0.25, -0.2) is 8.78 Å². The number of halogens is 2. The molecule has 0 saturated carbocycles. The van der Waals surface area contributed by atoms with Crippen LogP contribution >= 0.6 is 0 Å². The second-order valence-electron chi connectivity index (χ2n) is 4.38. The Hall–Kier alpha value is -1.67. The molecule has 1 heterocycles. The van der Waals surface area contributed by atoms with Crippen molar-refractivity contribution in [3.05, 3.63) is 29.3 Å². The first-order valence-corrected chi connectivity index (χ1v) is 5.93. The molecule has 1 aliphatic heterocycles. The fourth-order valence-electron chi connectivity index (χ4n) is 2.00. The van der Waals surface area contributed by atoms with Crippen molar-refractivity contribution in [2.45, 2.75) is 12.8 Å². The minimum absolute atomic E-state index is 0.141. The Morgan fingerprint density at radius 1 is 1.28 bits per heavy atom. The summed E-state index contributed by atoms with van der Waals surface area (Å²) in [6.45, 7) is 2.35. The number of nitriles is 1. The van der Waals surface area contributed by atoms with Gasteiger partial charge in [0.2, 0.25) is 0 Å². The molecule has 18 heavy (non-hydrogen) atoms. The van der Waals surface area contributed by atoms with Gasteiger partial charge in [0.25, 0.3) is 0 Å². The van der Waals surface area contributed by atoms with Crippen LogP contribution in [0.4, 0.5) is 8.78 Å². The Balaban J connectivity index is 1.99. The number of ether oxygens (including phenoxy) is 1. The molecule has 0 radical (unpaired) electrons. The molecule has 5 heteroatoms. The van der Waals surface area contributed by atoms with Gasteiger partial charge in [-0.05, 0) is 31.8 Å². The van der Waals surface area contributed by atoms with Crippen LogP contribution in [0.5, 0.6) is 5.75 Å². The van der Waals surface area contributed by atoms with E-state index in [0.717, 1.165) is 38.1 Å². The predicted octanol–water partition coefficient (Wildman–Crippen LogP) is 2.21. The second-order valence-corrected chi connectivity index (χ2v) is 4.38. The Morgan fingerprint density at radius 3 is 2.44 bits per heavy atom. The van der Waals surface area contributed by atoms with Crippen LogP contribution in [0.2, 0.25) is 0 Å². The summed E-state index contributed by atoms with van der Waals surface area (Å²) in [5, 5.41) is 11.8. The Kier molecular flexibility index (Phi) is 4.11. The van der Waals surface area contributed by atoms with Crippen molar-refractivity contribution in [3.8, 4) is 11.8 Å². The van der Waals surface area contributed by atoms with Crippen LogP contribution in [0.3, 0.4) is 0 Å². The summed E-state index contributed by atoms with van der Waals surface area (Å²) < 4.78 is 32.0. The molecule has 1 aromatic carbocycles. The zero-order valence-corrected chi connectivity index (χ0v) is 9.88. The van der Waals surface area contributed by atoms with E-state index in [0.29, 0.717) is 12.5 Å². The topological polar surface area (TPSA) is 45.0 Å². The summed E-state index contributed by atoms with van der Waals surface area (Å²) in [6.07, 6.45) is 2.00. The van der Waals surface area contributed by atoms with E-state index in [9.17, 15) is 8.78 Å². The largest absolute Gasteiger partial charge is 0.493 e. The minimum atomic E-state index is -0.877. The number of benzene rings is 1. The smallest absolute Gasteiger partial charge is 0.147 e. The van der Waals surface area contributed by atoms with Crippen molar-refractivity contribution in [1.29, 1.82) is 5.26 Å². The molecule has 0 aliphatic carbocycles. The third-order valence-corrected chi connectivity index (χ3v) is 3.07. The predicted molar refractivity (Wildman–Crippen MR) is 62.2 cm³/mol. The quantitative estimate of drug-likeness (QED) is 0.897. The van der Waals surface area contributed by atoms with E-state index in [2.05, 4.69) is 5.32 Å². The molecule has 0 bridgehead atoms. The maximum absolute atomic E-state index is 13.3. The summed E-state index contributed by atoms with van der Waals surface area (Å²) in [5.41, 5.74) is -0.566. The second kappa shape index (κ2) is 5.78. The summed E-state index contributed by atoms with van der Waals surface area (Å²) in [7, 11) is 0. The number of hydrogen-bond acceptors (Lipinski definition) is 3. The van der Waals surface area contributed by atoms with Gasteiger partial charge >= 0.3 is 0 Å². The maximum Gasteiger partial charge on any atom is 0.147 e. The third-order valence-electron chi connectivity index (χ3n) is 3.07. The highest BCUT2D eigenvalue weighted by Crippen LogP contribution is 2.21. The van der Waals surface area contributed by atoms with Crippen LogP contribution in [-0.2, 0) is 0 Å². The SMILES string of the molecule is N#Cc1c(F)cc(OCC2CCNCC2)cc1F. The summed E-state index contributed by atoms with van der Waals surface area (Å²) in [4.78, 5) is 0. The average molecular weight is 252 g/mol. The van der Waals surface area contributed by atoms with Crippen molar-refractivity contribution in [2.75, 3.05) is 19.7 Å². The molecule has 3 nitrogen and oxygen atoms in total. The van der Waals surface area contributed by atoms with Crippen LogP contribution in [0.25, 0.3) is 0 Å². The van der Waals surface area contributed by atoms with Crippen LogP contribution in [-0.4, -0.2) is 19.7 Å². The maximum atomic E-state index is 13.3. The number of hydrogen-bond donors (Lipinski definition) is 1. The van der Waals surface area contributed by atoms with Gasteiger partial charge in [-0.1, -0.05) is 0 Å². The number of piperidine rings is 1. The van der Waals surface area contributed by atoms with Gasteiger partial charge in [0.15, 0.2) is 0 Å². The normalized spacial score (nSPS) is 16.3. The lowest BCUT2D eigenvalue weighted by atomic mass is 9.99. The van der Waals surface area contributed by atoms with Gasteiger partial charge in [-0.15, -0.1) is 0 Å². The van der Waals surface area contributed by atoms with Crippen molar-refractivity contribution in [3.63, 3.8) is 0 Å². The highest BCUT2D eigenvalue weighted by molar-refractivity contribution is 5.37. The van der Waals surface area contributed by atoms with Crippen LogP contribution in [0.1, 0.15) is 18.4 Å². The van der Waals surface area contributed by atoms with E-state index >= 15 is 0 Å². The monoisotopic (exact) mass is 252 g/mol. The highest BCUT2D eigenvalue weighted by Gasteiger charge is 2.15. The fraction of sp³-hybridized carbons (Fsp3) is 0.462. The first-order chi connectivity index (χ1) is 8.70. The average Bonchev–Trinajstić information content (AvgIpc) is 2.37. The lowest BCUT2D eigenvalue weighted by Gasteiger charge is -2.22. The van der Waals surface area contributed by atoms with Crippen molar-refractivity contribution < 1.29 is 13.5 Å². The van der Waals surface area contributed by atoms with Gasteiger partial charge in [0.05, 0.1) is 6.61 Å². The first-order valence-electron chi connectivity index (χ1n) is 5.93. The lowest BCUT2D eigenvalue weighted by Crippen LogP contribution is -2.30. The number of nitrogens with zero attached hydrogens (tertiary/aromatic N) is 1. The molecule has 0 aromatic heterocycles.